The average Bonchev–Trinajstić information content (AvgIpc) is 3.12. The van der Waals surface area contributed by atoms with Crippen molar-refractivity contribution in [1.82, 2.24) is 5.32 Å². The molecular weight excluding hydrogens is 322 g/mol. The predicted molar refractivity (Wildman–Crippen MR) is 86.8 cm³/mol. The number of rotatable bonds is 3. The van der Waals surface area contributed by atoms with Crippen LogP contribution >= 0.6 is 0 Å². The second kappa shape index (κ2) is 5.44. The minimum absolute atomic E-state index is 0.140. The number of carbonyl (C=O) groups is 3. The molecule has 6 heteroatoms. The number of ether oxygens (including phenoxy) is 2. The van der Waals surface area contributed by atoms with E-state index in [1.54, 1.807) is 55.5 Å². The Balaban J connectivity index is 1.95. The third kappa shape index (κ3) is 2.00. The quantitative estimate of drug-likeness (QED) is 0.868. The maximum Gasteiger partial charge on any atom is 0.340 e. The molecule has 0 aliphatic carbocycles. The van der Waals surface area contributed by atoms with Crippen LogP contribution in [0.5, 0.6) is 0 Å². The SMILES string of the molecule is CCOC(=O)[C@@]1([C@@H]2OC(=O)c3ccccc32)NC(=O)c2ccccc21. The first-order valence-corrected chi connectivity index (χ1v) is 7.98. The Labute approximate surface area is 143 Å². The van der Waals surface area contributed by atoms with Crippen LogP contribution in [0.4, 0.5) is 0 Å². The summed E-state index contributed by atoms with van der Waals surface area (Å²) in [6.45, 7) is 1.82. The Morgan fingerprint density at radius 3 is 2.56 bits per heavy atom. The highest BCUT2D eigenvalue weighted by Crippen LogP contribution is 2.48. The van der Waals surface area contributed by atoms with Gasteiger partial charge in [0.25, 0.3) is 5.91 Å². The molecule has 0 unspecified atom stereocenters. The lowest BCUT2D eigenvalue weighted by Crippen LogP contribution is -2.52. The zero-order valence-corrected chi connectivity index (χ0v) is 13.4. The zero-order valence-electron chi connectivity index (χ0n) is 13.4. The van der Waals surface area contributed by atoms with Crippen LogP contribution in [0.3, 0.4) is 0 Å². The second-order valence-corrected chi connectivity index (χ2v) is 5.90. The highest BCUT2D eigenvalue weighted by molar-refractivity contribution is 6.07. The first kappa shape index (κ1) is 15.4. The summed E-state index contributed by atoms with van der Waals surface area (Å²) in [6.07, 6.45) is -0.983. The summed E-state index contributed by atoms with van der Waals surface area (Å²) in [7, 11) is 0. The van der Waals surface area contributed by atoms with Gasteiger partial charge in [0.2, 0.25) is 5.54 Å². The molecular formula is C19H15NO5. The highest BCUT2D eigenvalue weighted by atomic mass is 16.6. The molecule has 0 radical (unpaired) electrons. The first-order valence-electron chi connectivity index (χ1n) is 7.98. The first-order chi connectivity index (χ1) is 12.1. The Morgan fingerprint density at radius 2 is 1.80 bits per heavy atom. The summed E-state index contributed by atoms with van der Waals surface area (Å²) in [6, 6.07) is 13.6. The third-order valence-corrected chi connectivity index (χ3v) is 4.59. The molecule has 0 fully saturated rings. The van der Waals surface area contributed by atoms with Crippen molar-refractivity contribution in [2.75, 3.05) is 6.61 Å². The van der Waals surface area contributed by atoms with Crippen LogP contribution in [-0.4, -0.2) is 24.5 Å². The van der Waals surface area contributed by atoms with Crippen molar-refractivity contribution in [2.45, 2.75) is 18.6 Å². The summed E-state index contributed by atoms with van der Waals surface area (Å²) in [4.78, 5) is 37.7. The fourth-order valence-corrected chi connectivity index (χ4v) is 3.53. The minimum atomic E-state index is -1.59. The lowest BCUT2D eigenvalue weighted by atomic mass is 9.81. The summed E-state index contributed by atoms with van der Waals surface area (Å²) in [5.74, 6) is -1.57. The minimum Gasteiger partial charge on any atom is -0.464 e. The molecule has 0 spiro atoms. The number of cyclic esters (lactones) is 1. The van der Waals surface area contributed by atoms with E-state index >= 15 is 0 Å². The van der Waals surface area contributed by atoms with Crippen molar-refractivity contribution in [1.29, 1.82) is 0 Å². The van der Waals surface area contributed by atoms with Crippen molar-refractivity contribution in [3.8, 4) is 0 Å². The standard InChI is InChI=1S/C19H15NO5/c1-2-24-18(23)19(14-10-6-5-9-13(14)16(21)20-19)15-11-7-3-4-8-12(11)17(22)25-15/h3-10,15H,2H2,1H3,(H,20,21)/t15-,19-/m1/s1. The number of fused-ring (bicyclic) bond motifs is 2. The fourth-order valence-electron chi connectivity index (χ4n) is 3.53. The molecule has 2 heterocycles. The Hall–Kier alpha value is -3.15. The molecule has 1 amide bonds. The predicted octanol–water partition coefficient (Wildman–Crippen LogP) is 2.10. The van der Waals surface area contributed by atoms with E-state index in [4.69, 9.17) is 9.47 Å². The second-order valence-electron chi connectivity index (χ2n) is 5.90. The normalized spacial score (nSPS) is 23.5. The monoisotopic (exact) mass is 337 g/mol. The Kier molecular flexibility index (Phi) is 3.35. The van der Waals surface area contributed by atoms with E-state index in [1.807, 2.05) is 0 Å². The van der Waals surface area contributed by atoms with Crippen LogP contribution in [0.25, 0.3) is 0 Å². The van der Waals surface area contributed by atoms with Crippen LogP contribution in [0.2, 0.25) is 0 Å². The summed E-state index contributed by atoms with van der Waals surface area (Å²) < 4.78 is 10.8. The van der Waals surface area contributed by atoms with Gasteiger partial charge in [-0.2, -0.15) is 0 Å². The molecule has 4 rings (SSSR count). The largest absolute Gasteiger partial charge is 0.464 e. The summed E-state index contributed by atoms with van der Waals surface area (Å²) in [5.41, 5.74) is 0.169. The van der Waals surface area contributed by atoms with Gasteiger partial charge in [0.15, 0.2) is 6.10 Å². The van der Waals surface area contributed by atoms with Crippen molar-refractivity contribution < 1.29 is 23.9 Å². The van der Waals surface area contributed by atoms with Gasteiger partial charge in [-0.15, -0.1) is 0 Å². The molecule has 2 aromatic rings. The number of esters is 2. The van der Waals surface area contributed by atoms with Crippen LogP contribution < -0.4 is 5.32 Å². The molecule has 2 aromatic carbocycles. The topological polar surface area (TPSA) is 81.7 Å². The average molecular weight is 337 g/mol. The number of benzene rings is 2. The van der Waals surface area contributed by atoms with E-state index in [9.17, 15) is 14.4 Å². The van der Waals surface area contributed by atoms with Crippen LogP contribution in [-0.2, 0) is 19.8 Å². The lowest BCUT2D eigenvalue weighted by molar-refractivity contribution is -0.156. The van der Waals surface area contributed by atoms with Crippen molar-refractivity contribution in [2.24, 2.45) is 0 Å². The molecule has 2 aliphatic heterocycles. The Morgan fingerprint density at radius 1 is 1.12 bits per heavy atom. The van der Waals surface area contributed by atoms with Crippen LogP contribution in [0.15, 0.2) is 48.5 Å². The number of hydrogen-bond donors (Lipinski definition) is 1. The molecule has 126 valence electrons. The molecule has 0 saturated heterocycles. The molecule has 2 atom stereocenters. The van der Waals surface area contributed by atoms with E-state index in [1.165, 1.54) is 0 Å². The molecule has 0 bridgehead atoms. The molecule has 0 saturated carbocycles. The number of amides is 1. The van der Waals surface area contributed by atoms with Crippen molar-refractivity contribution >= 4 is 17.8 Å². The Bertz CT molecular complexity index is 906. The maximum absolute atomic E-state index is 13.0. The van der Waals surface area contributed by atoms with Crippen molar-refractivity contribution in [3.63, 3.8) is 0 Å². The van der Waals surface area contributed by atoms with Crippen LogP contribution in [0, 0.1) is 0 Å². The summed E-state index contributed by atoms with van der Waals surface area (Å²) >= 11 is 0. The third-order valence-electron chi connectivity index (χ3n) is 4.59. The molecule has 0 aromatic heterocycles. The van der Waals surface area contributed by atoms with Gasteiger partial charge in [-0.05, 0) is 19.1 Å². The summed E-state index contributed by atoms with van der Waals surface area (Å²) in [5, 5.41) is 2.73. The lowest BCUT2D eigenvalue weighted by Gasteiger charge is -2.32. The molecule has 1 N–H and O–H groups in total. The number of hydrogen-bond acceptors (Lipinski definition) is 5. The number of nitrogens with one attached hydrogen (secondary N) is 1. The number of carbonyl (C=O) groups excluding carboxylic acids is 3. The van der Waals surface area contributed by atoms with Gasteiger partial charge in [0.1, 0.15) is 0 Å². The smallest absolute Gasteiger partial charge is 0.340 e. The van der Waals surface area contributed by atoms with E-state index < -0.39 is 29.5 Å². The maximum atomic E-state index is 13.0. The van der Waals surface area contributed by atoms with Gasteiger partial charge < -0.3 is 14.8 Å². The van der Waals surface area contributed by atoms with Gasteiger partial charge in [0, 0.05) is 16.7 Å². The van der Waals surface area contributed by atoms with Crippen molar-refractivity contribution in [3.05, 3.63) is 70.8 Å². The fraction of sp³-hybridized carbons (Fsp3) is 0.211. The van der Waals surface area contributed by atoms with Gasteiger partial charge in [-0.25, -0.2) is 9.59 Å². The molecule has 2 aliphatic rings. The zero-order chi connectivity index (χ0) is 17.6. The van der Waals surface area contributed by atoms with E-state index in [-0.39, 0.29) is 6.61 Å². The highest BCUT2D eigenvalue weighted by Gasteiger charge is 2.60. The van der Waals surface area contributed by atoms with Gasteiger partial charge >= 0.3 is 11.9 Å². The van der Waals surface area contributed by atoms with Crippen LogP contribution in [0.1, 0.15) is 44.9 Å². The molecule has 25 heavy (non-hydrogen) atoms. The van der Waals surface area contributed by atoms with E-state index in [0.717, 1.165) is 0 Å². The van der Waals surface area contributed by atoms with E-state index in [2.05, 4.69) is 5.32 Å². The van der Waals surface area contributed by atoms with Gasteiger partial charge in [0.05, 0.1) is 12.2 Å². The van der Waals surface area contributed by atoms with Gasteiger partial charge in [-0.1, -0.05) is 36.4 Å². The van der Waals surface area contributed by atoms with Gasteiger partial charge in [-0.3, -0.25) is 4.79 Å². The molecule has 6 nitrogen and oxygen atoms in total. The van der Waals surface area contributed by atoms with E-state index in [0.29, 0.717) is 22.3 Å².